The Labute approximate surface area is 94.4 Å². The van der Waals surface area contributed by atoms with Gasteiger partial charge in [-0.1, -0.05) is 30.3 Å². The average molecular weight is 221 g/mol. The predicted octanol–water partition coefficient (Wildman–Crippen LogP) is 0.577. The number of carbonyl (C=O) groups excluding carboxylic acids is 1. The molecule has 1 aromatic rings. The highest BCUT2D eigenvalue weighted by Gasteiger charge is 2.47. The van der Waals surface area contributed by atoms with E-state index in [9.17, 15) is 4.79 Å². The maximum absolute atomic E-state index is 11.8. The topological polar surface area (TPSA) is 53.1 Å². The van der Waals surface area contributed by atoms with Crippen LogP contribution in [0.15, 0.2) is 30.3 Å². The lowest BCUT2D eigenvalue weighted by Gasteiger charge is -2.13. The first-order valence-electron chi connectivity index (χ1n) is 5.30. The molecule has 0 saturated carbocycles. The van der Waals surface area contributed by atoms with Crippen molar-refractivity contribution < 1.29 is 14.6 Å². The minimum absolute atomic E-state index is 0.0229. The quantitative estimate of drug-likeness (QED) is 0.756. The van der Waals surface area contributed by atoms with Crippen molar-refractivity contribution >= 4 is 5.91 Å². The summed E-state index contributed by atoms with van der Waals surface area (Å²) >= 11 is 0. The monoisotopic (exact) mass is 221 g/mol. The summed E-state index contributed by atoms with van der Waals surface area (Å²) in [5.74, 6) is -0.0668. The summed E-state index contributed by atoms with van der Waals surface area (Å²) in [7, 11) is 1.67. The third-order valence-electron chi connectivity index (χ3n) is 2.67. The van der Waals surface area contributed by atoms with Crippen LogP contribution in [-0.2, 0) is 9.53 Å². The Morgan fingerprint density at radius 2 is 2.12 bits per heavy atom. The van der Waals surface area contributed by atoms with Gasteiger partial charge in [-0.3, -0.25) is 4.79 Å². The summed E-state index contributed by atoms with van der Waals surface area (Å²) in [4.78, 5) is 13.3. The zero-order valence-electron chi connectivity index (χ0n) is 9.17. The molecule has 2 atom stereocenters. The van der Waals surface area contributed by atoms with Gasteiger partial charge in [-0.05, 0) is 5.56 Å². The maximum atomic E-state index is 11.8. The first kappa shape index (κ1) is 11.1. The molecule has 4 nitrogen and oxygen atoms in total. The van der Waals surface area contributed by atoms with Gasteiger partial charge < -0.3 is 14.7 Å². The van der Waals surface area contributed by atoms with Crippen LogP contribution < -0.4 is 0 Å². The molecule has 0 spiro atoms. The van der Waals surface area contributed by atoms with E-state index in [2.05, 4.69) is 0 Å². The van der Waals surface area contributed by atoms with Gasteiger partial charge in [0.1, 0.15) is 6.10 Å². The number of ether oxygens (including phenoxy) is 1. The van der Waals surface area contributed by atoms with Gasteiger partial charge in [0.25, 0.3) is 5.91 Å². The summed E-state index contributed by atoms with van der Waals surface area (Å²) in [6, 6.07) is 9.68. The molecule has 0 aromatic heterocycles. The molecule has 1 aliphatic rings. The van der Waals surface area contributed by atoms with E-state index in [1.54, 1.807) is 7.05 Å². The molecule has 1 aromatic carbocycles. The summed E-state index contributed by atoms with van der Waals surface area (Å²) in [5, 5.41) is 8.74. The average Bonchev–Trinajstić information content (AvgIpc) is 3.09. The number of amides is 1. The molecule has 86 valence electrons. The third kappa shape index (κ3) is 2.23. The van der Waals surface area contributed by atoms with Gasteiger partial charge in [0.05, 0.1) is 6.61 Å². The molecule has 4 heteroatoms. The fourth-order valence-electron chi connectivity index (χ4n) is 1.67. The number of likely N-dealkylation sites (N-methyl/N-ethyl adjacent to an activating group) is 1. The number of nitrogens with zero attached hydrogens (tertiary/aromatic N) is 1. The highest BCUT2D eigenvalue weighted by Crippen LogP contribution is 2.39. The van der Waals surface area contributed by atoms with Gasteiger partial charge >= 0.3 is 0 Å². The number of aliphatic hydroxyl groups is 1. The van der Waals surface area contributed by atoms with Gasteiger partial charge in [-0.25, -0.2) is 0 Å². The molecule has 0 radical (unpaired) electrons. The van der Waals surface area contributed by atoms with Crippen molar-refractivity contribution in [3.05, 3.63) is 35.9 Å². The van der Waals surface area contributed by atoms with E-state index < -0.39 is 0 Å². The van der Waals surface area contributed by atoms with E-state index >= 15 is 0 Å². The largest absolute Gasteiger partial charge is 0.395 e. The van der Waals surface area contributed by atoms with E-state index in [1.165, 1.54) is 4.90 Å². The minimum Gasteiger partial charge on any atom is -0.395 e. The standard InChI is InChI=1S/C12H15NO3/c1-13(7-8-14)12(15)11-10(16-11)9-5-3-2-4-6-9/h2-6,10-11,14H,7-8H2,1H3/t10-,11+/m1/s1. The molecule has 0 aliphatic carbocycles. The van der Waals surface area contributed by atoms with E-state index in [0.717, 1.165) is 5.56 Å². The summed E-state index contributed by atoms with van der Waals surface area (Å²) in [6.45, 7) is 0.325. The second-order valence-corrected chi connectivity index (χ2v) is 3.87. The van der Waals surface area contributed by atoms with Crippen molar-refractivity contribution in [2.75, 3.05) is 20.2 Å². The highest BCUT2D eigenvalue weighted by molar-refractivity contribution is 5.83. The predicted molar refractivity (Wildman–Crippen MR) is 58.8 cm³/mol. The molecule has 1 aliphatic heterocycles. The lowest BCUT2D eigenvalue weighted by atomic mass is 10.1. The van der Waals surface area contributed by atoms with Crippen LogP contribution in [0.2, 0.25) is 0 Å². The molecule has 16 heavy (non-hydrogen) atoms. The zero-order chi connectivity index (χ0) is 11.5. The molecule has 1 fully saturated rings. The smallest absolute Gasteiger partial charge is 0.254 e. The summed E-state index contributed by atoms with van der Waals surface area (Å²) < 4.78 is 5.36. The third-order valence-corrected chi connectivity index (χ3v) is 2.67. The van der Waals surface area contributed by atoms with Gasteiger partial charge in [-0.2, -0.15) is 0 Å². The van der Waals surface area contributed by atoms with Crippen LogP contribution in [0.3, 0.4) is 0 Å². The van der Waals surface area contributed by atoms with Crippen LogP contribution in [0, 0.1) is 0 Å². The number of epoxide rings is 1. The minimum atomic E-state index is -0.376. The Morgan fingerprint density at radius 3 is 2.75 bits per heavy atom. The molecule has 1 amide bonds. The van der Waals surface area contributed by atoms with Gasteiger partial charge in [-0.15, -0.1) is 0 Å². The Kier molecular flexibility index (Phi) is 3.22. The molecular weight excluding hydrogens is 206 g/mol. The van der Waals surface area contributed by atoms with Crippen molar-refractivity contribution in [2.24, 2.45) is 0 Å². The van der Waals surface area contributed by atoms with Crippen LogP contribution in [0.25, 0.3) is 0 Å². The van der Waals surface area contributed by atoms with E-state index in [4.69, 9.17) is 9.84 Å². The first-order chi connectivity index (χ1) is 7.74. The van der Waals surface area contributed by atoms with Crippen LogP contribution in [0.4, 0.5) is 0 Å². The zero-order valence-corrected chi connectivity index (χ0v) is 9.17. The number of hydrogen-bond acceptors (Lipinski definition) is 3. The first-order valence-corrected chi connectivity index (χ1v) is 5.30. The van der Waals surface area contributed by atoms with E-state index in [-0.39, 0.29) is 24.7 Å². The Morgan fingerprint density at radius 1 is 1.44 bits per heavy atom. The van der Waals surface area contributed by atoms with Crippen LogP contribution >= 0.6 is 0 Å². The Bertz CT molecular complexity index is 366. The van der Waals surface area contributed by atoms with Crippen LogP contribution in [0.5, 0.6) is 0 Å². The molecular formula is C12H15NO3. The van der Waals surface area contributed by atoms with E-state index in [1.807, 2.05) is 30.3 Å². The van der Waals surface area contributed by atoms with Crippen molar-refractivity contribution in [3.8, 4) is 0 Å². The summed E-state index contributed by atoms with van der Waals surface area (Å²) in [6.07, 6.45) is -0.492. The highest BCUT2D eigenvalue weighted by atomic mass is 16.6. The van der Waals surface area contributed by atoms with E-state index in [0.29, 0.717) is 6.54 Å². The molecule has 0 bridgehead atoms. The van der Waals surface area contributed by atoms with Gasteiger partial charge in [0, 0.05) is 13.6 Å². The SMILES string of the molecule is CN(CCO)C(=O)[C@H]1O[C@@H]1c1ccccc1. The van der Waals surface area contributed by atoms with Gasteiger partial charge in [0.15, 0.2) is 6.10 Å². The fraction of sp³-hybridized carbons (Fsp3) is 0.417. The number of benzene rings is 1. The van der Waals surface area contributed by atoms with Crippen molar-refractivity contribution in [3.63, 3.8) is 0 Å². The second-order valence-electron chi connectivity index (χ2n) is 3.87. The molecule has 0 unspecified atom stereocenters. The van der Waals surface area contributed by atoms with Crippen molar-refractivity contribution in [1.29, 1.82) is 0 Å². The van der Waals surface area contributed by atoms with Crippen LogP contribution in [-0.4, -0.2) is 42.2 Å². The second kappa shape index (κ2) is 4.63. The Hall–Kier alpha value is -1.39. The lowest BCUT2D eigenvalue weighted by Crippen LogP contribution is -2.33. The van der Waals surface area contributed by atoms with Gasteiger partial charge in [0.2, 0.25) is 0 Å². The maximum Gasteiger partial charge on any atom is 0.254 e. The van der Waals surface area contributed by atoms with Crippen molar-refractivity contribution in [2.45, 2.75) is 12.2 Å². The van der Waals surface area contributed by atoms with Crippen molar-refractivity contribution in [1.82, 2.24) is 4.90 Å². The number of aliphatic hydroxyl groups excluding tert-OH is 1. The number of hydrogen-bond donors (Lipinski definition) is 1. The number of carbonyl (C=O) groups is 1. The Balaban J connectivity index is 1.94. The van der Waals surface area contributed by atoms with Crippen LogP contribution in [0.1, 0.15) is 11.7 Å². The molecule has 2 rings (SSSR count). The fourth-order valence-corrected chi connectivity index (χ4v) is 1.67. The molecule has 1 saturated heterocycles. The lowest BCUT2D eigenvalue weighted by molar-refractivity contribution is -0.131. The summed E-state index contributed by atoms with van der Waals surface area (Å²) in [5.41, 5.74) is 1.03. The molecule has 1 N–H and O–H groups in total. The number of rotatable bonds is 4. The molecule has 1 heterocycles. The normalized spacial score (nSPS) is 22.9.